The molecule has 31 heavy (non-hydrogen) atoms. The molecule has 0 amide bonds. The van der Waals surface area contributed by atoms with Crippen molar-refractivity contribution in [2.75, 3.05) is 6.61 Å². The number of hydrogen-bond acceptors (Lipinski definition) is 4. The first-order chi connectivity index (χ1) is 15.3. The molecule has 5 rings (SSSR count). The molecule has 5 nitrogen and oxygen atoms in total. The maximum absolute atomic E-state index is 6.18. The summed E-state index contributed by atoms with van der Waals surface area (Å²) in [5.41, 5.74) is 2.87. The van der Waals surface area contributed by atoms with E-state index >= 15 is 0 Å². The van der Waals surface area contributed by atoms with Gasteiger partial charge >= 0.3 is 0 Å². The normalized spacial score (nSPS) is 13.3. The summed E-state index contributed by atoms with van der Waals surface area (Å²) in [5, 5.41) is 1.54. The third kappa shape index (κ3) is 4.78. The maximum atomic E-state index is 6.18. The minimum Gasteiger partial charge on any atom is -0.486 e. The smallest absolute Gasteiger partial charge is 0.203 e. The highest BCUT2D eigenvalue weighted by Gasteiger charge is 2.24. The van der Waals surface area contributed by atoms with Crippen molar-refractivity contribution in [3.8, 4) is 17.2 Å². The zero-order chi connectivity index (χ0) is 21.0. The zero-order valence-electron chi connectivity index (χ0n) is 17.0. The highest BCUT2D eigenvalue weighted by Crippen LogP contribution is 2.40. The number of fused-ring (bicyclic) bond motifs is 1. The Morgan fingerprint density at radius 3 is 2.48 bits per heavy atom. The molecule has 2 aromatic carbocycles. The number of H-pyrrole nitrogens is 1. The highest BCUT2D eigenvalue weighted by molar-refractivity contribution is 6.31. The van der Waals surface area contributed by atoms with Crippen LogP contribution in [0.25, 0.3) is 11.0 Å². The molecule has 0 saturated heterocycles. The second-order valence-electron chi connectivity index (χ2n) is 7.76. The third-order valence-corrected chi connectivity index (χ3v) is 5.51. The van der Waals surface area contributed by atoms with Crippen molar-refractivity contribution in [3.63, 3.8) is 0 Å². The predicted octanol–water partition coefficient (Wildman–Crippen LogP) is 6.16. The van der Waals surface area contributed by atoms with Crippen LogP contribution in [0, 0.1) is 5.92 Å². The van der Waals surface area contributed by atoms with E-state index < -0.39 is 0 Å². The Balaban J connectivity index is 1.36. The van der Waals surface area contributed by atoms with Crippen molar-refractivity contribution in [1.29, 1.82) is 0 Å². The summed E-state index contributed by atoms with van der Waals surface area (Å²) in [7, 11) is 0. The number of hydrogen-bond donors (Lipinski definition) is 1. The standard InChI is InChI=1S/C25H23ClN2O3/c26-20-11-21-19(12-27-25(21)28-13-20)16-30-23-8-4-7-22(24(23)31-15-18-9-10-18)29-14-17-5-2-1-3-6-17/h1-8,11-13,18H,9-10,14-16H2,(H,27,28). The maximum Gasteiger partial charge on any atom is 0.203 e. The summed E-state index contributed by atoms with van der Waals surface area (Å²) >= 11 is 6.12. The summed E-state index contributed by atoms with van der Waals surface area (Å²) < 4.78 is 18.4. The van der Waals surface area contributed by atoms with E-state index in [1.165, 1.54) is 12.8 Å². The Hall–Kier alpha value is -3.18. The molecule has 1 aliphatic carbocycles. The minimum absolute atomic E-state index is 0.365. The van der Waals surface area contributed by atoms with Crippen LogP contribution in [0.1, 0.15) is 24.0 Å². The summed E-state index contributed by atoms with van der Waals surface area (Å²) in [6, 6.07) is 17.7. The third-order valence-electron chi connectivity index (χ3n) is 5.31. The van der Waals surface area contributed by atoms with Gasteiger partial charge in [0.1, 0.15) is 18.9 Å². The topological polar surface area (TPSA) is 56.4 Å². The van der Waals surface area contributed by atoms with Crippen LogP contribution >= 0.6 is 11.6 Å². The van der Waals surface area contributed by atoms with E-state index in [4.69, 9.17) is 25.8 Å². The number of rotatable bonds is 9. The molecule has 2 heterocycles. The zero-order valence-corrected chi connectivity index (χ0v) is 17.8. The molecule has 158 valence electrons. The van der Waals surface area contributed by atoms with Gasteiger partial charge in [-0.25, -0.2) is 4.98 Å². The fourth-order valence-corrected chi connectivity index (χ4v) is 3.55. The number of aromatic nitrogens is 2. The number of pyridine rings is 1. The molecule has 1 saturated carbocycles. The summed E-state index contributed by atoms with van der Waals surface area (Å²) in [6.45, 7) is 1.51. The Morgan fingerprint density at radius 1 is 0.935 bits per heavy atom. The van der Waals surface area contributed by atoms with Gasteiger partial charge in [0.25, 0.3) is 0 Å². The molecule has 0 unspecified atom stereocenters. The molecule has 0 radical (unpaired) electrons. The van der Waals surface area contributed by atoms with Gasteiger partial charge in [-0.2, -0.15) is 0 Å². The van der Waals surface area contributed by atoms with E-state index in [0.717, 1.165) is 22.2 Å². The van der Waals surface area contributed by atoms with Crippen molar-refractivity contribution in [2.24, 2.45) is 5.92 Å². The van der Waals surface area contributed by atoms with Crippen LogP contribution in [0.5, 0.6) is 17.2 Å². The van der Waals surface area contributed by atoms with Gasteiger partial charge in [-0.05, 0) is 42.5 Å². The molecule has 4 aromatic rings. The Kier molecular flexibility index (Phi) is 5.67. The average Bonchev–Trinajstić information content (AvgIpc) is 3.55. The quantitative estimate of drug-likeness (QED) is 0.342. The average molecular weight is 435 g/mol. The second kappa shape index (κ2) is 8.90. The van der Waals surface area contributed by atoms with Crippen LogP contribution < -0.4 is 14.2 Å². The highest BCUT2D eigenvalue weighted by atomic mass is 35.5. The van der Waals surface area contributed by atoms with E-state index in [-0.39, 0.29) is 0 Å². The fraction of sp³-hybridized carbons (Fsp3) is 0.240. The molecule has 6 heteroatoms. The van der Waals surface area contributed by atoms with Gasteiger partial charge in [-0.3, -0.25) is 0 Å². The fourth-order valence-electron chi connectivity index (χ4n) is 3.39. The van der Waals surface area contributed by atoms with E-state index in [2.05, 4.69) is 9.97 Å². The number of nitrogens with one attached hydrogen (secondary N) is 1. The van der Waals surface area contributed by atoms with Gasteiger partial charge in [0.05, 0.1) is 11.6 Å². The van der Waals surface area contributed by atoms with Crippen molar-refractivity contribution >= 4 is 22.6 Å². The van der Waals surface area contributed by atoms with Crippen LogP contribution in [0.2, 0.25) is 5.02 Å². The first kappa shape index (κ1) is 19.8. The van der Waals surface area contributed by atoms with Crippen LogP contribution in [-0.2, 0) is 13.2 Å². The first-order valence-electron chi connectivity index (χ1n) is 10.4. The lowest BCUT2D eigenvalue weighted by molar-refractivity contribution is 0.230. The van der Waals surface area contributed by atoms with E-state index in [9.17, 15) is 0 Å². The first-order valence-corrected chi connectivity index (χ1v) is 10.8. The van der Waals surface area contributed by atoms with Gasteiger partial charge in [0.15, 0.2) is 11.5 Å². The number of aromatic amines is 1. The molecule has 0 aliphatic heterocycles. The summed E-state index contributed by atoms with van der Waals surface area (Å²) in [6.07, 6.45) is 5.95. The predicted molar refractivity (Wildman–Crippen MR) is 121 cm³/mol. The lowest BCUT2D eigenvalue weighted by Crippen LogP contribution is -2.05. The molecule has 1 fully saturated rings. The van der Waals surface area contributed by atoms with Gasteiger partial charge < -0.3 is 19.2 Å². The van der Waals surface area contributed by atoms with Crippen molar-refractivity contribution < 1.29 is 14.2 Å². The van der Waals surface area contributed by atoms with E-state index in [1.807, 2.05) is 60.8 Å². The molecule has 1 N–H and O–H groups in total. The van der Waals surface area contributed by atoms with Crippen LogP contribution in [0.3, 0.4) is 0 Å². The molecule has 0 spiro atoms. The van der Waals surface area contributed by atoms with Gasteiger partial charge in [0, 0.05) is 23.3 Å². The van der Waals surface area contributed by atoms with Gasteiger partial charge in [-0.15, -0.1) is 0 Å². The van der Waals surface area contributed by atoms with E-state index in [1.54, 1.807) is 6.20 Å². The number of halogens is 1. The lowest BCUT2D eigenvalue weighted by atomic mass is 10.2. The minimum atomic E-state index is 0.365. The largest absolute Gasteiger partial charge is 0.486 e. The molecular weight excluding hydrogens is 412 g/mol. The Bertz CT molecular complexity index is 1170. The molecular formula is C25H23ClN2O3. The van der Waals surface area contributed by atoms with Gasteiger partial charge in [0.2, 0.25) is 5.75 Å². The summed E-state index contributed by atoms with van der Waals surface area (Å²) in [4.78, 5) is 7.47. The molecule has 2 aromatic heterocycles. The summed E-state index contributed by atoms with van der Waals surface area (Å²) in [5.74, 6) is 2.62. The van der Waals surface area contributed by atoms with E-state index in [0.29, 0.717) is 48.0 Å². The van der Waals surface area contributed by atoms with Crippen LogP contribution in [-0.4, -0.2) is 16.6 Å². The Labute approximate surface area is 185 Å². The van der Waals surface area contributed by atoms with Crippen LogP contribution in [0.4, 0.5) is 0 Å². The van der Waals surface area contributed by atoms with Gasteiger partial charge in [-0.1, -0.05) is 48.0 Å². The lowest BCUT2D eigenvalue weighted by Gasteiger charge is -2.17. The monoisotopic (exact) mass is 434 g/mol. The SMILES string of the molecule is Clc1cnc2[nH]cc(COc3cccc(OCc4ccccc4)c3OCC3CC3)c2c1. The number of ether oxygens (including phenoxy) is 3. The number of para-hydroxylation sites is 1. The Morgan fingerprint density at radius 2 is 1.71 bits per heavy atom. The number of benzene rings is 2. The molecule has 0 bridgehead atoms. The van der Waals surface area contributed by atoms with Crippen molar-refractivity contribution in [2.45, 2.75) is 26.1 Å². The molecule has 0 atom stereocenters. The number of nitrogens with zero attached hydrogens (tertiary/aromatic N) is 1. The van der Waals surface area contributed by atoms with Crippen molar-refractivity contribution in [1.82, 2.24) is 9.97 Å². The second-order valence-corrected chi connectivity index (χ2v) is 8.20. The van der Waals surface area contributed by atoms with Crippen molar-refractivity contribution in [3.05, 3.63) is 83.1 Å². The molecule has 1 aliphatic rings. The van der Waals surface area contributed by atoms with Crippen LogP contribution in [0.15, 0.2) is 67.0 Å².